The molecule has 1 heterocycles. The average molecular weight is 264 g/mol. The molecule has 0 saturated heterocycles. The van der Waals surface area contributed by atoms with E-state index in [1.165, 1.54) is 11.1 Å². The predicted molar refractivity (Wildman–Crippen MR) is 71.4 cm³/mol. The normalized spacial score (nSPS) is 10.6. The van der Waals surface area contributed by atoms with Crippen molar-refractivity contribution in [3.8, 4) is 5.75 Å². The van der Waals surface area contributed by atoms with Crippen molar-refractivity contribution in [3.05, 3.63) is 40.1 Å². The van der Waals surface area contributed by atoms with Crippen molar-refractivity contribution in [2.75, 3.05) is 7.11 Å². The van der Waals surface area contributed by atoms with E-state index in [1.54, 1.807) is 7.11 Å². The van der Waals surface area contributed by atoms with E-state index >= 15 is 0 Å². The maximum Gasteiger partial charge on any atom is 0.284 e. The number of nitrogens with zero attached hydrogens (tertiary/aromatic N) is 1. The third-order valence-corrected chi connectivity index (χ3v) is 2.93. The third-order valence-electron chi connectivity index (χ3n) is 2.76. The molecule has 2 rings (SSSR count). The van der Waals surface area contributed by atoms with Gasteiger partial charge in [0.15, 0.2) is 0 Å². The van der Waals surface area contributed by atoms with Crippen LogP contribution in [0.1, 0.15) is 23.4 Å². The molecule has 0 bridgehead atoms. The molecular formula is C13H16N2O2S. The molecule has 0 unspecified atom stereocenters. The molecule has 96 valence electrons. The van der Waals surface area contributed by atoms with Gasteiger partial charge in [0.05, 0.1) is 7.11 Å². The Labute approximate surface area is 111 Å². The van der Waals surface area contributed by atoms with Crippen molar-refractivity contribution in [2.24, 2.45) is 0 Å². The molecule has 0 fully saturated rings. The Balaban J connectivity index is 1.97. The third kappa shape index (κ3) is 3.20. The van der Waals surface area contributed by atoms with Crippen LogP contribution in [0.2, 0.25) is 0 Å². The van der Waals surface area contributed by atoms with Crippen molar-refractivity contribution in [3.63, 3.8) is 0 Å². The van der Waals surface area contributed by atoms with Gasteiger partial charge >= 0.3 is 0 Å². The van der Waals surface area contributed by atoms with Crippen molar-refractivity contribution in [1.82, 2.24) is 10.2 Å². The molecule has 0 spiro atoms. The van der Waals surface area contributed by atoms with Crippen LogP contribution in [0.3, 0.4) is 0 Å². The van der Waals surface area contributed by atoms with Crippen LogP contribution < -0.4 is 4.74 Å². The lowest BCUT2D eigenvalue weighted by Crippen LogP contribution is -1.95. The minimum atomic E-state index is 0.332. The summed E-state index contributed by atoms with van der Waals surface area (Å²) >= 11 is 4.83. The Morgan fingerprint density at radius 1 is 1.39 bits per heavy atom. The Hall–Kier alpha value is -1.62. The summed E-state index contributed by atoms with van der Waals surface area (Å²) in [6.07, 6.45) is 2.65. The highest BCUT2D eigenvalue weighted by Gasteiger charge is 2.05. The summed E-state index contributed by atoms with van der Waals surface area (Å²) in [7, 11) is 1.70. The fourth-order valence-electron chi connectivity index (χ4n) is 1.90. The van der Waals surface area contributed by atoms with E-state index in [0.29, 0.717) is 10.7 Å². The van der Waals surface area contributed by atoms with Gasteiger partial charge in [-0.05, 0) is 43.6 Å². The Bertz CT molecular complexity index is 574. The second-order valence-corrected chi connectivity index (χ2v) is 4.55. The summed E-state index contributed by atoms with van der Waals surface area (Å²) in [6, 6.07) is 6.21. The lowest BCUT2D eigenvalue weighted by Gasteiger charge is -2.08. The number of H-pyrrole nitrogens is 1. The SMILES string of the molecule is COc1ccc(C)cc1CCCc1n[nH]c(=S)o1. The number of nitrogens with one attached hydrogen (secondary N) is 1. The highest BCUT2D eigenvalue weighted by atomic mass is 32.1. The topological polar surface area (TPSA) is 51.0 Å². The zero-order chi connectivity index (χ0) is 13.0. The zero-order valence-corrected chi connectivity index (χ0v) is 11.3. The van der Waals surface area contributed by atoms with Crippen molar-refractivity contribution < 1.29 is 9.15 Å². The van der Waals surface area contributed by atoms with Gasteiger partial charge < -0.3 is 9.15 Å². The number of rotatable bonds is 5. The lowest BCUT2D eigenvalue weighted by atomic mass is 10.0. The van der Waals surface area contributed by atoms with Crippen molar-refractivity contribution in [2.45, 2.75) is 26.2 Å². The fraction of sp³-hybridized carbons (Fsp3) is 0.385. The lowest BCUT2D eigenvalue weighted by molar-refractivity contribution is 0.408. The standard InChI is InChI=1S/C13H16N2O2S/c1-9-6-7-11(16-2)10(8-9)4-3-5-12-14-15-13(18)17-12/h6-8H,3-5H2,1-2H3,(H,15,18). The molecule has 1 N–H and O–H groups in total. The van der Waals surface area contributed by atoms with E-state index < -0.39 is 0 Å². The monoisotopic (exact) mass is 264 g/mol. The smallest absolute Gasteiger partial charge is 0.284 e. The predicted octanol–water partition coefficient (Wildman–Crippen LogP) is 3.22. The molecular weight excluding hydrogens is 248 g/mol. The molecule has 2 aromatic rings. The maximum absolute atomic E-state index is 5.35. The summed E-state index contributed by atoms with van der Waals surface area (Å²) in [5, 5.41) is 6.60. The van der Waals surface area contributed by atoms with Crippen molar-refractivity contribution in [1.29, 1.82) is 0 Å². The first-order valence-electron chi connectivity index (χ1n) is 5.87. The number of aromatic amines is 1. The van der Waals surface area contributed by atoms with Gasteiger partial charge in [-0.25, -0.2) is 5.10 Å². The minimum absolute atomic E-state index is 0.332. The van der Waals surface area contributed by atoms with E-state index in [-0.39, 0.29) is 0 Å². The maximum atomic E-state index is 5.35. The molecule has 0 amide bonds. The highest BCUT2D eigenvalue weighted by Crippen LogP contribution is 2.21. The number of methoxy groups -OCH3 is 1. The minimum Gasteiger partial charge on any atom is -0.496 e. The van der Waals surface area contributed by atoms with Crippen LogP contribution >= 0.6 is 12.2 Å². The molecule has 0 atom stereocenters. The molecule has 0 radical (unpaired) electrons. The van der Waals surface area contributed by atoms with E-state index in [2.05, 4.69) is 29.3 Å². The summed E-state index contributed by atoms with van der Waals surface area (Å²) in [4.78, 5) is 0.332. The van der Waals surface area contributed by atoms with Crippen LogP contribution in [0.4, 0.5) is 0 Å². The van der Waals surface area contributed by atoms with Crippen molar-refractivity contribution >= 4 is 12.2 Å². The van der Waals surface area contributed by atoms with Crippen LogP contribution in [-0.4, -0.2) is 17.3 Å². The number of hydrogen-bond donors (Lipinski definition) is 1. The molecule has 0 aliphatic rings. The first-order chi connectivity index (χ1) is 8.69. The van der Waals surface area contributed by atoms with E-state index in [9.17, 15) is 0 Å². The molecule has 4 nitrogen and oxygen atoms in total. The number of aryl methyl sites for hydroxylation is 3. The van der Waals surface area contributed by atoms with Gasteiger partial charge in [-0.1, -0.05) is 17.7 Å². The fourth-order valence-corrected chi connectivity index (χ4v) is 2.04. The molecule has 1 aromatic heterocycles. The molecule has 18 heavy (non-hydrogen) atoms. The van der Waals surface area contributed by atoms with Gasteiger partial charge in [-0.3, -0.25) is 0 Å². The van der Waals surface area contributed by atoms with Crippen LogP contribution in [0, 0.1) is 11.8 Å². The molecule has 0 aliphatic heterocycles. The number of benzene rings is 1. The van der Waals surface area contributed by atoms with Crippen LogP contribution in [-0.2, 0) is 12.8 Å². The Morgan fingerprint density at radius 2 is 2.22 bits per heavy atom. The first kappa shape index (κ1) is 12.8. The van der Waals surface area contributed by atoms with Gasteiger partial charge in [-0.15, -0.1) is 5.10 Å². The second-order valence-electron chi connectivity index (χ2n) is 4.18. The van der Waals surface area contributed by atoms with Gasteiger partial charge in [0.2, 0.25) is 5.89 Å². The van der Waals surface area contributed by atoms with E-state index in [0.717, 1.165) is 25.0 Å². The van der Waals surface area contributed by atoms with Gasteiger partial charge in [-0.2, -0.15) is 0 Å². The van der Waals surface area contributed by atoms with E-state index in [4.69, 9.17) is 21.4 Å². The molecule has 5 heteroatoms. The highest BCUT2D eigenvalue weighted by molar-refractivity contribution is 7.71. The summed E-state index contributed by atoms with van der Waals surface area (Å²) in [6.45, 7) is 2.08. The Kier molecular flexibility index (Phi) is 4.15. The van der Waals surface area contributed by atoms with Crippen LogP contribution in [0.25, 0.3) is 0 Å². The second kappa shape index (κ2) is 5.82. The van der Waals surface area contributed by atoms with Crippen LogP contribution in [0.5, 0.6) is 5.75 Å². The van der Waals surface area contributed by atoms with Gasteiger partial charge in [0.1, 0.15) is 5.75 Å². The number of ether oxygens (including phenoxy) is 1. The van der Waals surface area contributed by atoms with Gasteiger partial charge in [0, 0.05) is 6.42 Å². The largest absolute Gasteiger partial charge is 0.496 e. The zero-order valence-electron chi connectivity index (χ0n) is 10.5. The van der Waals surface area contributed by atoms with Crippen LogP contribution in [0.15, 0.2) is 22.6 Å². The summed E-state index contributed by atoms with van der Waals surface area (Å²) < 4.78 is 10.6. The Morgan fingerprint density at radius 3 is 2.89 bits per heavy atom. The quantitative estimate of drug-likeness (QED) is 0.842. The molecule has 0 saturated carbocycles. The molecule has 1 aromatic carbocycles. The van der Waals surface area contributed by atoms with Gasteiger partial charge in [0.25, 0.3) is 4.84 Å². The van der Waals surface area contributed by atoms with E-state index in [1.807, 2.05) is 6.07 Å². The number of hydrogen-bond acceptors (Lipinski definition) is 4. The first-order valence-corrected chi connectivity index (χ1v) is 6.28. The summed E-state index contributed by atoms with van der Waals surface area (Å²) in [5.41, 5.74) is 2.45. The molecule has 0 aliphatic carbocycles. The average Bonchev–Trinajstić information content (AvgIpc) is 2.75. The summed E-state index contributed by atoms with van der Waals surface area (Å²) in [5.74, 6) is 1.59. The number of aromatic nitrogens is 2.